The Morgan fingerprint density at radius 3 is 2.63 bits per heavy atom. The van der Waals surface area contributed by atoms with E-state index in [2.05, 4.69) is 20.4 Å². The van der Waals surface area contributed by atoms with Crippen LogP contribution in [0.2, 0.25) is 5.02 Å². The maximum absolute atomic E-state index is 12.5. The molecule has 0 fully saturated rings. The number of anilines is 1. The number of nitrogens with one attached hydrogen (secondary N) is 2. The average Bonchev–Trinajstić information content (AvgIpc) is 3.06. The van der Waals surface area contributed by atoms with Crippen molar-refractivity contribution in [1.82, 2.24) is 19.6 Å². The van der Waals surface area contributed by atoms with Gasteiger partial charge in [0.15, 0.2) is 5.82 Å². The zero-order valence-corrected chi connectivity index (χ0v) is 15.0. The van der Waals surface area contributed by atoms with Crippen molar-refractivity contribution in [2.24, 2.45) is 0 Å². The summed E-state index contributed by atoms with van der Waals surface area (Å²) in [5.74, 6) is 0.539. The number of hydrogen-bond donors (Lipinski definition) is 2. The van der Waals surface area contributed by atoms with Crippen molar-refractivity contribution >= 4 is 29.1 Å². The molecule has 134 valence electrons. The molecule has 2 N–H and O–H groups in total. The lowest BCUT2D eigenvalue weighted by Gasteiger charge is -2.06. The number of H-pyrrole nitrogens is 1. The van der Waals surface area contributed by atoms with Crippen molar-refractivity contribution in [1.29, 1.82) is 0 Å². The van der Waals surface area contributed by atoms with Gasteiger partial charge in [-0.05, 0) is 36.8 Å². The second kappa shape index (κ2) is 6.69. The first-order chi connectivity index (χ1) is 13.0. The third kappa shape index (κ3) is 3.32. The molecule has 4 aromatic rings. The number of carbonyl (C=O) groups is 1. The smallest absolute Gasteiger partial charge is 0.256 e. The zero-order chi connectivity index (χ0) is 19.0. The number of carbonyl (C=O) groups excluding carboxylic acids is 1. The van der Waals surface area contributed by atoms with E-state index in [4.69, 9.17) is 11.6 Å². The Bertz CT molecular complexity index is 1210. The molecule has 4 rings (SSSR count). The van der Waals surface area contributed by atoms with Crippen molar-refractivity contribution < 1.29 is 4.79 Å². The van der Waals surface area contributed by atoms with Crippen LogP contribution in [-0.2, 0) is 0 Å². The van der Waals surface area contributed by atoms with E-state index in [1.165, 1.54) is 10.6 Å². The first-order valence-corrected chi connectivity index (χ1v) is 8.52. The van der Waals surface area contributed by atoms with Crippen LogP contribution in [-0.4, -0.2) is 25.5 Å². The second-order valence-corrected chi connectivity index (χ2v) is 6.40. The quantitative estimate of drug-likeness (QED) is 0.571. The molecule has 2 heterocycles. The van der Waals surface area contributed by atoms with Crippen LogP contribution in [0, 0.1) is 6.92 Å². The highest BCUT2D eigenvalue weighted by Gasteiger charge is 2.14. The SMILES string of the molecule is Cc1ccccc1-c1nc2[nH]c(=O)cc(NC(=O)c3ccc(Cl)cc3)n2n1. The van der Waals surface area contributed by atoms with E-state index in [9.17, 15) is 9.59 Å². The van der Waals surface area contributed by atoms with Crippen molar-refractivity contribution in [3.05, 3.63) is 81.1 Å². The topological polar surface area (TPSA) is 92.1 Å². The number of rotatable bonds is 3. The van der Waals surface area contributed by atoms with E-state index in [0.717, 1.165) is 11.1 Å². The van der Waals surface area contributed by atoms with E-state index in [0.29, 0.717) is 16.4 Å². The van der Waals surface area contributed by atoms with Gasteiger partial charge in [0, 0.05) is 22.2 Å². The summed E-state index contributed by atoms with van der Waals surface area (Å²) in [5, 5.41) is 7.68. The number of fused-ring (bicyclic) bond motifs is 1. The summed E-state index contributed by atoms with van der Waals surface area (Å²) in [6.07, 6.45) is 0. The van der Waals surface area contributed by atoms with Gasteiger partial charge in [-0.1, -0.05) is 35.9 Å². The Morgan fingerprint density at radius 2 is 1.89 bits per heavy atom. The van der Waals surface area contributed by atoms with Gasteiger partial charge in [0.25, 0.3) is 11.5 Å². The third-order valence-electron chi connectivity index (χ3n) is 4.07. The number of halogens is 1. The molecule has 0 radical (unpaired) electrons. The monoisotopic (exact) mass is 379 g/mol. The van der Waals surface area contributed by atoms with Crippen LogP contribution in [0.5, 0.6) is 0 Å². The van der Waals surface area contributed by atoms with E-state index in [1.54, 1.807) is 24.3 Å². The molecule has 2 aromatic heterocycles. The van der Waals surface area contributed by atoms with Gasteiger partial charge >= 0.3 is 0 Å². The minimum Gasteiger partial charge on any atom is -0.306 e. The van der Waals surface area contributed by atoms with Gasteiger partial charge in [-0.2, -0.15) is 9.50 Å². The molecule has 7 nitrogen and oxygen atoms in total. The Labute approximate surface area is 158 Å². The number of aromatic nitrogens is 4. The second-order valence-electron chi connectivity index (χ2n) is 5.97. The fourth-order valence-corrected chi connectivity index (χ4v) is 2.84. The first kappa shape index (κ1) is 17.0. The zero-order valence-electron chi connectivity index (χ0n) is 14.2. The predicted octanol–water partition coefficient (Wildman–Crippen LogP) is 3.30. The molecule has 1 amide bonds. The van der Waals surface area contributed by atoms with Gasteiger partial charge in [0.2, 0.25) is 5.78 Å². The van der Waals surface area contributed by atoms with Gasteiger partial charge in [-0.25, -0.2) is 0 Å². The molecule has 0 aliphatic heterocycles. The number of aromatic amines is 1. The Hall–Kier alpha value is -3.45. The van der Waals surface area contributed by atoms with Crippen LogP contribution in [0.25, 0.3) is 17.2 Å². The summed E-state index contributed by atoms with van der Waals surface area (Å²) >= 11 is 5.85. The summed E-state index contributed by atoms with van der Waals surface area (Å²) < 4.78 is 1.40. The standard InChI is InChI=1S/C19H14ClN5O2/c1-11-4-2-3-5-14(11)17-23-19-22-16(26)10-15(25(19)24-17)21-18(27)12-6-8-13(20)9-7-12/h2-10H,1H3,(H,21,27)(H,22,23,24,26). The summed E-state index contributed by atoms with van der Waals surface area (Å²) in [7, 11) is 0. The molecule has 8 heteroatoms. The van der Waals surface area contributed by atoms with E-state index < -0.39 is 5.56 Å². The molecule has 0 aliphatic rings. The molecule has 2 aromatic carbocycles. The van der Waals surface area contributed by atoms with Crippen LogP contribution in [0.3, 0.4) is 0 Å². The summed E-state index contributed by atoms with van der Waals surface area (Å²) in [5.41, 5.74) is 1.87. The molecule has 0 atom stereocenters. The van der Waals surface area contributed by atoms with Crippen molar-refractivity contribution in [3.8, 4) is 11.4 Å². The molecule has 0 saturated carbocycles. The van der Waals surface area contributed by atoms with Crippen LogP contribution in [0.1, 0.15) is 15.9 Å². The number of hydrogen-bond acceptors (Lipinski definition) is 4. The van der Waals surface area contributed by atoms with Crippen molar-refractivity contribution in [2.75, 3.05) is 5.32 Å². The fourth-order valence-electron chi connectivity index (χ4n) is 2.71. The van der Waals surface area contributed by atoms with Gasteiger partial charge in [-0.3, -0.25) is 14.6 Å². The molecule has 0 unspecified atom stereocenters. The number of benzene rings is 2. The number of aryl methyl sites for hydroxylation is 1. The van der Waals surface area contributed by atoms with Crippen LogP contribution < -0.4 is 10.9 Å². The predicted molar refractivity (Wildman–Crippen MR) is 103 cm³/mol. The van der Waals surface area contributed by atoms with Crippen LogP contribution in [0.15, 0.2) is 59.4 Å². The first-order valence-electron chi connectivity index (χ1n) is 8.14. The van der Waals surface area contributed by atoms with Gasteiger partial charge < -0.3 is 5.32 Å². The maximum atomic E-state index is 12.5. The minimum absolute atomic E-state index is 0.223. The maximum Gasteiger partial charge on any atom is 0.256 e. The molecular formula is C19H14ClN5O2. The highest BCUT2D eigenvalue weighted by atomic mass is 35.5. The van der Waals surface area contributed by atoms with Crippen LogP contribution in [0.4, 0.5) is 5.82 Å². The van der Waals surface area contributed by atoms with Crippen LogP contribution >= 0.6 is 11.6 Å². The minimum atomic E-state index is -0.391. The lowest BCUT2D eigenvalue weighted by Crippen LogP contribution is -2.18. The Morgan fingerprint density at radius 1 is 1.15 bits per heavy atom. The molecule has 0 aliphatic carbocycles. The molecule has 0 saturated heterocycles. The van der Waals surface area contributed by atoms with E-state index in [1.807, 2.05) is 31.2 Å². The average molecular weight is 380 g/mol. The molecular weight excluding hydrogens is 366 g/mol. The molecule has 27 heavy (non-hydrogen) atoms. The van der Waals surface area contributed by atoms with Crippen molar-refractivity contribution in [2.45, 2.75) is 6.92 Å². The lowest BCUT2D eigenvalue weighted by atomic mass is 10.1. The van der Waals surface area contributed by atoms with Crippen molar-refractivity contribution in [3.63, 3.8) is 0 Å². The van der Waals surface area contributed by atoms with Gasteiger partial charge in [-0.15, -0.1) is 5.10 Å². The Kier molecular flexibility index (Phi) is 4.21. The van der Waals surface area contributed by atoms with Gasteiger partial charge in [0.05, 0.1) is 0 Å². The normalized spacial score (nSPS) is 10.9. The largest absolute Gasteiger partial charge is 0.306 e. The third-order valence-corrected chi connectivity index (χ3v) is 4.32. The summed E-state index contributed by atoms with van der Waals surface area (Å²) in [6, 6.07) is 15.4. The molecule has 0 bridgehead atoms. The number of amides is 1. The lowest BCUT2D eigenvalue weighted by molar-refractivity contribution is 0.102. The fraction of sp³-hybridized carbons (Fsp3) is 0.0526. The summed E-state index contributed by atoms with van der Waals surface area (Å²) in [6.45, 7) is 1.95. The van der Waals surface area contributed by atoms with E-state index >= 15 is 0 Å². The van der Waals surface area contributed by atoms with E-state index in [-0.39, 0.29) is 17.5 Å². The highest BCUT2D eigenvalue weighted by molar-refractivity contribution is 6.30. The highest BCUT2D eigenvalue weighted by Crippen LogP contribution is 2.21. The summed E-state index contributed by atoms with van der Waals surface area (Å²) in [4.78, 5) is 31.5. The Balaban J connectivity index is 1.76. The van der Waals surface area contributed by atoms with Gasteiger partial charge in [0.1, 0.15) is 5.82 Å². The number of nitrogens with zero attached hydrogens (tertiary/aromatic N) is 3. The molecule has 0 spiro atoms.